The third-order valence-electron chi connectivity index (χ3n) is 2.86. The molecule has 1 rings (SSSR count). The lowest BCUT2D eigenvalue weighted by atomic mass is 10.1. The molecule has 0 radical (unpaired) electrons. The highest BCUT2D eigenvalue weighted by atomic mass is 32.2. The van der Waals surface area contributed by atoms with Gasteiger partial charge in [-0.15, -0.1) is 0 Å². The number of benzene rings is 1. The summed E-state index contributed by atoms with van der Waals surface area (Å²) < 4.78 is 26.4. The minimum Gasteiger partial charge on any atom is -0.478 e. The van der Waals surface area contributed by atoms with Gasteiger partial charge in [-0.3, -0.25) is 0 Å². The van der Waals surface area contributed by atoms with Crippen molar-refractivity contribution in [3.05, 3.63) is 23.8 Å². The van der Waals surface area contributed by atoms with Crippen molar-refractivity contribution in [2.24, 2.45) is 5.92 Å². The van der Waals surface area contributed by atoms with Gasteiger partial charge >= 0.3 is 5.97 Å². The van der Waals surface area contributed by atoms with Gasteiger partial charge in [0, 0.05) is 25.4 Å². The van der Waals surface area contributed by atoms with Crippen LogP contribution in [0, 0.1) is 5.92 Å². The lowest BCUT2D eigenvalue weighted by molar-refractivity contribution is 0.0697. The summed E-state index contributed by atoms with van der Waals surface area (Å²) in [7, 11) is -3.79. The third kappa shape index (κ3) is 5.28. The molecule has 4 N–H and O–H groups in total. The largest absolute Gasteiger partial charge is 0.478 e. The van der Waals surface area contributed by atoms with Crippen LogP contribution in [-0.4, -0.2) is 44.3 Å². The van der Waals surface area contributed by atoms with E-state index in [0.717, 1.165) is 6.07 Å². The molecule has 0 aliphatic heterocycles. The first-order valence-corrected chi connectivity index (χ1v) is 8.48. The molecular weight excluding hydrogens is 308 g/mol. The smallest absolute Gasteiger partial charge is 0.337 e. The van der Waals surface area contributed by atoms with Crippen LogP contribution in [0.25, 0.3) is 0 Å². The first kappa shape index (κ1) is 18.4. The van der Waals surface area contributed by atoms with Crippen molar-refractivity contribution in [2.45, 2.75) is 25.2 Å². The normalized spacial score (nSPS) is 11.6. The number of carboxylic acid groups (broad SMARTS) is 1. The zero-order valence-corrected chi connectivity index (χ0v) is 13.5. The number of aliphatic hydroxyl groups is 1. The van der Waals surface area contributed by atoms with Gasteiger partial charge in [-0.25, -0.2) is 17.9 Å². The summed E-state index contributed by atoms with van der Waals surface area (Å²) in [5.41, 5.74) is 0.293. The molecule has 0 unspecified atom stereocenters. The molecule has 0 aromatic heterocycles. The van der Waals surface area contributed by atoms with Gasteiger partial charge < -0.3 is 15.5 Å². The topological polar surface area (TPSA) is 116 Å². The van der Waals surface area contributed by atoms with Crippen LogP contribution in [0.5, 0.6) is 0 Å². The average Bonchev–Trinajstić information content (AvgIpc) is 2.44. The number of anilines is 1. The van der Waals surface area contributed by atoms with Crippen LogP contribution < -0.4 is 10.0 Å². The number of carbonyl (C=O) groups is 1. The van der Waals surface area contributed by atoms with E-state index < -0.39 is 16.0 Å². The second kappa shape index (κ2) is 8.11. The summed E-state index contributed by atoms with van der Waals surface area (Å²) in [4.78, 5) is 11.2. The predicted octanol–water partition coefficient (Wildman–Crippen LogP) is 1.11. The lowest BCUT2D eigenvalue weighted by Crippen LogP contribution is -2.25. The van der Waals surface area contributed by atoms with Crippen molar-refractivity contribution in [3.8, 4) is 0 Å². The maximum atomic E-state index is 12.1. The molecule has 1 aromatic rings. The van der Waals surface area contributed by atoms with Gasteiger partial charge in [0.15, 0.2) is 0 Å². The molecular formula is C14H22N2O5S. The zero-order chi connectivity index (χ0) is 16.8. The van der Waals surface area contributed by atoms with Crippen molar-refractivity contribution in [2.75, 3.05) is 25.0 Å². The Kier molecular flexibility index (Phi) is 6.79. The molecule has 0 aliphatic carbocycles. The SMILES string of the molecule is CC(C)CNc1ccc(S(=O)(=O)NCCCO)cc1C(=O)O. The molecule has 0 atom stereocenters. The molecule has 0 spiro atoms. The number of hydrogen-bond donors (Lipinski definition) is 4. The summed E-state index contributed by atoms with van der Waals surface area (Å²) in [6.45, 7) is 4.52. The van der Waals surface area contributed by atoms with Gasteiger partial charge in [0.25, 0.3) is 0 Å². The van der Waals surface area contributed by atoms with E-state index in [-0.39, 0.29) is 23.6 Å². The second-order valence-electron chi connectivity index (χ2n) is 5.26. The van der Waals surface area contributed by atoms with E-state index in [1.807, 2.05) is 13.8 Å². The molecule has 8 heteroatoms. The fraction of sp³-hybridized carbons (Fsp3) is 0.500. The Bertz CT molecular complexity index is 614. The molecule has 7 nitrogen and oxygen atoms in total. The number of hydrogen-bond acceptors (Lipinski definition) is 5. The Labute approximate surface area is 130 Å². The summed E-state index contributed by atoms with van der Waals surface area (Å²) in [5, 5.41) is 20.9. The minimum atomic E-state index is -3.79. The highest BCUT2D eigenvalue weighted by Crippen LogP contribution is 2.21. The Morgan fingerprint density at radius 1 is 1.32 bits per heavy atom. The second-order valence-corrected chi connectivity index (χ2v) is 7.03. The fourth-order valence-corrected chi connectivity index (χ4v) is 2.80. The molecule has 0 aliphatic rings. The molecule has 0 saturated heterocycles. The van der Waals surface area contributed by atoms with Crippen LogP contribution in [0.4, 0.5) is 5.69 Å². The highest BCUT2D eigenvalue weighted by Gasteiger charge is 2.18. The van der Waals surface area contributed by atoms with Crippen LogP contribution in [0.1, 0.15) is 30.6 Å². The van der Waals surface area contributed by atoms with Crippen LogP contribution in [0.2, 0.25) is 0 Å². The van der Waals surface area contributed by atoms with E-state index in [9.17, 15) is 18.3 Å². The van der Waals surface area contributed by atoms with Crippen molar-refractivity contribution >= 4 is 21.7 Å². The third-order valence-corrected chi connectivity index (χ3v) is 4.32. The van der Waals surface area contributed by atoms with Gasteiger partial charge in [0.2, 0.25) is 10.0 Å². The van der Waals surface area contributed by atoms with E-state index in [0.29, 0.717) is 24.6 Å². The van der Waals surface area contributed by atoms with Gasteiger partial charge in [-0.1, -0.05) is 13.8 Å². The minimum absolute atomic E-state index is 0.0919. The van der Waals surface area contributed by atoms with E-state index in [1.165, 1.54) is 12.1 Å². The number of aromatic carboxylic acids is 1. The molecule has 22 heavy (non-hydrogen) atoms. The first-order valence-electron chi connectivity index (χ1n) is 6.99. The van der Waals surface area contributed by atoms with Crippen LogP contribution in [-0.2, 0) is 10.0 Å². The molecule has 0 amide bonds. The van der Waals surface area contributed by atoms with Gasteiger partial charge in [-0.05, 0) is 30.5 Å². The maximum Gasteiger partial charge on any atom is 0.337 e. The maximum absolute atomic E-state index is 12.1. The van der Waals surface area contributed by atoms with E-state index in [1.54, 1.807) is 0 Å². The zero-order valence-electron chi connectivity index (χ0n) is 12.7. The highest BCUT2D eigenvalue weighted by molar-refractivity contribution is 7.89. The Balaban J connectivity index is 3.04. The standard InChI is InChI=1S/C14H22N2O5S/c1-10(2)9-15-13-5-4-11(8-12(13)14(18)19)22(20,21)16-6-3-7-17/h4-5,8,10,15-17H,3,6-7,9H2,1-2H3,(H,18,19). The average molecular weight is 330 g/mol. The molecule has 0 saturated carbocycles. The lowest BCUT2D eigenvalue weighted by Gasteiger charge is -2.13. The van der Waals surface area contributed by atoms with E-state index >= 15 is 0 Å². The number of rotatable bonds is 9. The van der Waals surface area contributed by atoms with E-state index in [4.69, 9.17) is 5.11 Å². The van der Waals surface area contributed by atoms with Crippen LogP contribution in [0.3, 0.4) is 0 Å². The summed E-state index contributed by atoms with van der Waals surface area (Å²) in [5.74, 6) is -0.871. The summed E-state index contributed by atoms with van der Waals surface area (Å²) in [6.07, 6.45) is 0.291. The predicted molar refractivity (Wildman–Crippen MR) is 83.6 cm³/mol. The van der Waals surface area contributed by atoms with Gasteiger partial charge in [0.1, 0.15) is 0 Å². The van der Waals surface area contributed by atoms with Crippen molar-refractivity contribution in [3.63, 3.8) is 0 Å². The van der Waals surface area contributed by atoms with Gasteiger partial charge in [-0.2, -0.15) is 0 Å². The number of nitrogens with one attached hydrogen (secondary N) is 2. The molecule has 0 fully saturated rings. The summed E-state index contributed by atoms with van der Waals surface area (Å²) >= 11 is 0. The quantitative estimate of drug-likeness (QED) is 0.504. The van der Waals surface area contributed by atoms with Gasteiger partial charge in [0.05, 0.1) is 10.5 Å². The van der Waals surface area contributed by atoms with Crippen LogP contribution >= 0.6 is 0 Å². The Morgan fingerprint density at radius 3 is 2.55 bits per heavy atom. The molecule has 124 valence electrons. The number of sulfonamides is 1. The van der Waals surface area contributed by atoms with Crippen molar-refractivity contribution in [1.29, 1.82) is 0 Å². The Morgan fingerprint density at radius 2 is 2.00 bits per heavy atom. The van der Waals surface area contributed by atoms with Crippen molar-refractivity contribution < 1.29 is 23.4 Å². The molecule has 1 aromatic carbocycles. The van der Waals surface area contributed by atoms with E-state index in [2.05, 4.69) is 10.0 Å². The molecule has 0 bridgehead atoms. The number of carboxylic acids is 1. The van der Waals surface area contributed by atoms with Crippen molar-refractivity contribution in [1.82, 2.24) is 4.72 Å². The first-order chi connectivity index (χ1) is 10.3. The summed E-state index contributed by atoms with van der Waals surface area (Å²) in [6, 6.07) is 3.94. The van der Waals surface area contributed by atoms with Crippen LogP contribution in [0.15, 0.2) is 23.1 Å². The monoisotopic (exact) mass is 330 g/mol. The molecule has 0 heterocycles. The Hall–Kier alpha value is -1.64. The fourth-order valence-electron chi connectivity index (χ4n) is 1.70. The number of aliphatic hydroxyl groups excluding tert-OH is 1.